The summed E-state index contributed by atoms with van der Waals surface area (Å²) in [5.41, 5.74) is 1.06. The van der Waals surface area contributed by atoms with Crippen LogP contribution in [0.2, 0.25) is 0 Å². The SMILES string of the molecule is CCCOc1ccc(C(C)Cl)cc1OCCC. The monoisotopic (exact) mass is 256 g/mol. The zero-order valence-corrected chi connectivity index (χ0v) is 11.6. The van der Waals surface area contributed by atoms with Crippen molar-refractivity contribution in [2.75, 3.05) is 13.2 Å². The van der Waals surface area contributed by atoms with E-state index in [1.807, 2.05) is 25.1 Å². The predicted octanol–water partition coefficient (Wildman–Crippen LogP) is 4.56. The minimum Gasteiger partial charge on any atom is -0.490 e. The van der Waals surface area contributed by atoms with E-state index in [1.54, 1.807) is 0 Å². The molecule has 0 saturated carbocycles. The zero-order chi connectivity index (χ0) is 12.7. The lowest BCUT2D eigenvalue weighted by molar-refractivity contribution is 0.268. The maximum absolute atomic E-state index is 6.07. The maximum Gasteiger partial charge on any atom is 0.161 e. The standard InChI is InChI=1S/C14H21ClO2/c1-4-8-16-13-7-6-12(11(3)15)10-14(13)17-9-5-2/h6-7,10-11H,4-5,8-9H2,1-3H3. The molecule has 3 heteroatoms. The largest absolute Gasteiger partial charge is 0.490 e. The second-order valence-corrected chi connectivity index (χ2v) is 4.67. The highest BCUT2D eigenvalue weighted by molar-refractivity contribution is 6.20. The molecule has 0 aliphatic heterocycles. The number of hydrogen-bond donors (Lipinski definition) is 0. The first-order chi connectivity index (χ1) is 8.19. The molecule has 0 aliphatic rings. The van der Waals surface area contributed by atoms with Crippen LogP contribution in [0.15, 0.2) is 18.2 Å². The Bertz CT molecular complexity index is 337. The van der Waals surface area contributed by atoms with Crippen molar-refractivity contribution in [2.45, 2.75) is 39.0 Å². The van der Waals surface area contributed by atoms with Crippen LogP contribution in [0.4, 0.5) is 0 Å². The molecular weight excluding hydrogens is 236 g/mol. The second-order valence-electron chi connectivity index (χ2n) is 4.02. The average Bonchev–Trinajstić information content (AvgIpc) is 2.34. The molecule has 1 rings (SSSR count). The Morgan fingerprint density at radius 3 is 2.18 bits per heavy atom. The molecule has 0 aliphatic carbocycles. The van der Waals surface area contributed by atoms with E-state index in [0.29, 0.717) is 13.2 Å². The van der Waals surface area contributed by atoms with Gasteiger partial charge in [0.25, 0.3) is 0 Å². The third-order valence-electron chi connectivity index (χ3n) is 2.35. The van der Waals surface area contributed by atoms with Gasteiger partial charge in [0.2, 0.25) is 0 Å². The summed E-state index contributed by atoms with van der Waals surface area (Å²) in [6.45, 7) is 7.52. The summed E-state index contributed by atoms with van der Waals surface area (Å²) < 4.78 is 11.3. The van der Waals surface area contributed by atoms with Gasteiger partial charge in [0, 0.05) is 0 Å². The van der Waals surface area contributed by atoms with Crippen LogP contribution < -0.4 is 9.47 Å². The summed E-state index contributed by atoms with van der Waals surface area (Å²) >= 11 is 6.07. The molecule has 0 fully saturated rings. The third kappa shape index (κ3) is 4.47. The fourth-order valence-corrected chi connectivity index (χ4v) is 1.56. The molecule has 0 heterocycles. The first kappa shape index (κ1) is 14.2. The molecule has 0 aromatic heterocycles. The Kier molecular flexibility index (Phi) is 6.20. The summed E-state index contributed by atoms with van der Waals surface area (Å²) in [6, 6.07) is 5.90. The van der Waals surface area contributed by atoms with E-state index in [2.05, 4.69) is 13.8 Å². The lowest BCUT2D eigenvalue weighted by atomic mass is 10.1. The van der Waals surface area contributed by atoms with Crippen LogP contribution >= 0.6 is 11.6 Å². The number of halogens is 1. The van der Waals surface area contributed by atoms with E-state index >= 15 is 0 Å². The number of benzene rings is 1. The van der Waals surface area contributed by atoms with E-state index in [4.69, 9.17) is 21.1 Å². The summed E-state index contributed by atoms with van der Waals surface area (Å²) in [6.07, 6.45) is 1.97. The van der Waals surface area contributed by atoms with Crippen molar-refractivity contribution in [3.8, 4) is 11.5 Å². The van der Waals surface area contributed by atoms with Crippen LogP contribution in [-0.4, -0.2) is 13.2 Å². The van der Waals surface area contributed by atoms with E-state index in [0.717, 1.165) is 29.9 Å². The fourth-order valence-electron chi connectivity index (χ4n) is 1.43. The molecule has 1 aromatic carbocycles. The molecule has 1 aromatic rings. The van der Waals surface area contributed by atoms with Gasteiger partial charge in [0.05, 0.1) is 18.6 Å². The van der Waals surface area contributed by atoms with Crippen LogP contribution in [0.5, 0.6) is 11.5 Å². The lowest BCUT2D eigenvalue weighted by Crippen LogP contribution is -2.02. The van der Waals surface area contributed by atoms with Gasteiger partial charge in [-0.15, -0.1) is 11.6 Å². The first-order valence-electron chi connectivity index (χ1n) is 6.22. The van der Waals surface area contributed by atoms with Gasteiger partial charge in [-0.2, -0.15) is 0 Å². The Morgan fingerprint density at radius 1 is 1.06 bits per heavy atom. The van der Waals surface area contributed by atoms with Crippen molar-refractivity contribution < 1.29 is 9.47 Å². The van der Waals surface area contributed by atoms with Crippen molar-refractivity contribution in [3.05, 3.63) is 23.8 Å². The number of rotatable bonds is 7. The van der Waals surface area contributed by atoms with Gasteiger partial charge in [-0.05, 0) is 37.5 Å². The Morgan fingerprint density at radius 2 is 1.65 bits per heavy atom. The number of hydrogen-bond acceptors (Lipinski definition) is 2. The summed E-state index contributed by atoms with van der Waals surface area (Å²) in [5.74, 6) is 1.60. The molecule has 0 saturated heterocycles. The Labute approximate surface area is 109 Å². The molecular formula is C14H21ClO2. The number of alkyl halides is 1. The van der Waals surface area contributed by atoms with E-state index < -0.39 is 0 Å². The maximum atomic E-state index is 6.07. The van der Waals surface area contributed by atoms with Crippen LogP contribution in [0, 0.1) is 0 Å². The summed E-state index contributed by atoms with van der Waals surface area (Å²) in [4.78, 5) is 0. The second kappa shape index (κ2) is 7.44. The zero-order valence-electron chi connectivity index (χ0n) is 10.8. The average molecular weight is 257 g/mol. The number of ether oxygens (including phenoxy) is 2. The molecule has 0 amide bonds. The minimum absolute atomic E-state index is 0.0146. The Balaban J connectivity index is 2.86. The van der Waals surface area contributed by atoms with E-state index in [1.165, 1.54) is 0 Å². The molecule has 0 radical (unpaired) electrons. The molecule has 96 valence electrons. The van der Waals surface area contributed by atoms with Crippen LogP contribution in [0.3, 0.4) is 0 Å². The van der Waals surface area contributed by atoms with Crippen LogP contribution in [0.25, 0.3) is 0 Å². The lowest BCUT2D eigenvalue weighted by Gasteiger charge is -2.14. The van der Waals surface area contributed by atoms with Crippen molar-refractivity contribution >= 4 is 11.6 Å². The van der Waals surface area contributed by atoms with Crippen molar-refractivity contribution in [2.24, 2.45) is 0 Å². The highest BCUT2D eigenvalue weighted by atomic mass is 35.5. The fraction of sp³-hybridized carbons (Fsp3) is 0.571. The highest BCUT2D eigenvalue weighted by Gasteiger charge is 2.09. The van der Waals surface area contributed by atoms with E-state index in [-0.39, 0.29) is 5.38 Å². The molecule has 0 spiro atoms. The molecule has 0 bridgehead atoms. The van der Waals surface area contributed by atoms with Crippen LogP contribution in [0.1, 0.15) is 44.6 Å². The van der Waals surface area contributed by atoms with Gasteiger partial charge in [-0.25, -0.2) is 0 Å². The molecule has 1 atom stereocenters. The van der Waals surface area contributed by atoms with Crippen molar-refractivity contribution in [1.82, 2.24) is 0 Å². The molecule has 17 heavy (non-hydrogen) atoms. The predicted molar refractivity (Wildman–Crippen MR) is 72.3 cm³/mol. The van der Waals surface area contributed by atoms with Gasteiger partial charge in [0.1, 0.15) is 0 Å². The molecule has 1 unspecified atom stereocenters. The molecule has 2 nitrogen and oxygen atoms in total. The highest BCUT2D eigenvalue weighted by Crippen LogP contribution is 2.32. The molecule has 0 N–H and O–H groups in total. The van der Waals surface area contributed by atoms with Crippen LogP contribution in [-0.2, 0) is 0 Å². The van der Waals surface area contributed by atoms with Crippen molar-refractivity contribution in [1.29, 1.82) is 0 Å². The third-order valence-corrected chi connectivity index (χ3v) is 2.60. The normalized spacial score (nSPS) is 12.2. The minimum atomic E-state index is -0.0146. The Hall–Kier alpha value is -0.890. The van der Waals surface area contributed by atoms with Crippen molar-refractivity contribution in [3.63, 3.8) is 0 Å². The van der Waals surface area contributed by atoms with Gasteiger partial charge in [0.15, 0.2) is 11.5 Å². The summed E-state index contributed by atoms with van der Waals surface area (Å²) in [5, 5.41) is -0.0146. The first-order valence-corrected chi connectivity index (χ1v) is 6.66. The summed E-state index contributed by atoms with van der Waals surface area (Å²) in [7, 11) is 0. The van der Waals surface area contributed by atoms with Gasteiger partial charge < -0.3 is 9.47 Å². The smallest absolute Gasteiger partial charge is 0.161 e. The topological polar surface area (TPSA) is 18.5 Å². The van der Waals surface area contributed by atoms with Gasteiger partial charge in [-0.3, -0.25) is 0 Å². The van der Waals surface area contributed by atoms with Gasteiger partial charge in [-0.1, -0.05) is 19.9 Å². The van der Waals surface area contributed by atoms with Gasteiger partial charge >= 0.3 is 0 Å². The van der Waals surface area contributed by atoms with E-state index in [9.17, 15) is 0 Å². The quantitative estimate of drug-likeness (QED) is 0.666.